The van der Waals surface area contributed by atoms with Crippen molar-refractivity contribution in [3.63, 3.8) is 0 Å². The number of ether oxygens (including phenoxy) is 1. The maximum absolute atomic E-state index is 12.5. The van der Waals surface area contributed by atoms with Crippen LogP contribution >= 0.6 is 0 Å². The van der Waals surface area contributed by atoms with Crippen molar-refractivity contribution in [2.75, 3.05) is 19.0 Å². The Morgan fingerprint density at radius 2 is 1.85 bits per heavy atom. The van der Waals surface area contributed by atoms with Gasteiger partial charge in [-0.05, 0) is 49.2 Å². The van der Waals surface area contributed by atoms with Crippen LogP contribution in [0, 0.1) is 25.2 Å². The summed E-state index contributed by atoms with van der Waals surface area (Å²) < 4.78 is 32.5. The predicted octanol–water partition coefficient (Wildman–Crippen LogP) is 2.10. The van der Waals surface area contributed by atoms with E-state index in [0.29, 0.717) is 11.3 Å². The average molecular weight is 373 g/mol. The molecule has 0 aliphatic heterocycles. The van der Waals surface area contributed by atoms with Gasteiger partial charge in [-0.1, -0.05) is 12.1 Å². The second-order valence-electron chi connectivity index (χ2n) is 5.62. The number of aryl methyl sites for hydroxylation is 2. The lowest BCUT2D eigenvalue weighted by atomic mass is 10.1. The van der Waals surface area contributed by atoms with Gasteiger partial charge >= 0.3 is 0 Å². The number of hydrogen-bond donors (Lipinski definition) is 2. The number of anilines is 1. The van der Waals surface area contributed by atoms with Crippen molar-refractivity contribution in [3.05, 3.63) is 53.1 Å². The minimum absolute atomic E-state index is 0.0340. The first-order valence-electron chi connectivity index (χ1n) is 7.72. The van der Waals surface area contributed by atoms with E-state index in [4.69, 9.17) is 10.00 Å². The van der Waals surface area contributed by atoms with Crippen molar-refractivity contribution in [1.82, 2.24) is 4.72 Å². The molecule has 0 radical (unpaired) electrons. The van der Waals surface area contributed by atoms with Gasteiger partial charge in [-0.25, -0.2) is 13.1 Å². The number of para-hydroxylation sites is 1. The molecule has 0 saturated carbocycles. The molecule has 0 bridgehead atoms. The lowest BCUT2D eigenvalue weighted by Gasteiger charge is -2.13. The number of methoxy groups -OCH3 is 1. The fourth-order valence-corrected chi connectivity index (χ4v) is 3.47. The Kier molecular flexibility index (Phi) is 5.97. The Labute approximate surface area is 152 Å². The molecule has 8 heteroatoms. The molecule has 2 rings (SSSR count). The van der Waals surface area contributed by atoms with Gasteiger partial charge in [-0.15, -0.1) is 0 Å². The van der Waals surface area contributed by atoms with Crippen molar-refractivity contribution in [3.8, 4) is 11.8 Å². The summed E-state index contributed by atoms with van der Waals surface area (Å²) in [4.78, 5) is 12.0. The maximum Gasteiger partial charge on any atom is 0.244 e. The van der Waals surface area contributed by atoms with E-state index in [2.05, 4.69) is 10.0 Å². The molecule has 2 aromatic carbocycles. The van der Waals surface area contributed by atoms with Gasteiger partial charge in [-0.2, -0.15) is 5.26 Å². The molecule has 2 N–H and O–H groups in total. The van der Waals surface area contributed by atoms with E-state index < -0.39 is 22.5 Å². The molecule has 0 atom stereocenters. The smallest absolute Gasteiger partial charge is 0.244 e. The zero-order valence-electron chi connectivity index (χ0n) is 14.7. The molecule has 2 aromatic rings. The van der Waals surface area contributed by atoms with Crippen LogP contribution in [0.25, 0.3) is 0 Å². The van der Waals surface area contributed by atoms with E-state index in [-0.39, 0.29) is 10.6 Å². The highest BCUT2D eigenvalue weighted by Gasteiger charge is 2.21. The number of nitrogens with zero attached hydrogens (tertiary/aromatic N) is 1. The number of hydrogen-bond acceptors (Lipinski definition) is 5. The summed E-state index contributed by atoms with van der Waals surface area (Å²) in [5, 5.41) is 11.5. The van der Waals surface area contributed by atoms with Crippen molar-refractivity contribution in [2.24, 2.45) is 0 Å². The number of nitrogens with one attached hydrogen (secondary N) is 2. The van der Waals surface area contributed by atoms with Gasteiger partial charge in [0, 0.05) is 0 Å². The first kappa shape index (κ1) is 19.4. The van der Waals surface area contributed by atoms with Gasteiger partial charge in [0.2, 0.25) is 15.9 Å². The Morgan fingerprint density at radius 3 is 2.50 bits per heavy atom. The largest absolute Gasteiger partial charge is 0.495 e. The highest BCUT2D eigenvalue weighted by atomic mass is 32.2. The second kappa shape index (κ2) is 7.99. The van der Waals surface area contributed by atoms with Gasteiger partial charge in [0.05, 0.1) is 24.9 Å². The number of nitriles is 1. The third kappa shape index (κ3) is 4.39. The highest BCUT2D eigenvalue weighted by molar-refractivity contribution is 7.89. The van der Waals surface area contributed by atoms with Crippen molar-refractivity contribution >= 4 is 21.6 Å². The SMILES string of the molecule is COc1cc(C)c(C)cc1S(=O)(=O)NCC(=O)Nc1ccccc1C#N. The minimum Gasteiger partial charge on any atom is -0.495 e. The minimum atomic E-state index is -3.95. The number of sulfonamides is 1. The fourth-order valence-electron chi connectivity index (χ4n) is 2.26. The molecule has 1 amide bonds. The van der Waals surface area contributed by atoms with Crippen LogP contribution in [0.1, 0.15) is 16.7 Å². The average Bonchev–Trinajstić information content (AvgIpc) is 2.62. The molecule has 0 fully saturated rings. The molecule has 0 unspecified atom stereocenters. The molecule has 136 valence electrons. The van der Waals surface area contributed by atoms with Gasteiger partial charge in [0.15, 0.2) is 0 Å². The Bertz CT molecular complexity index is 978. The van der Waals surface area contributed by atoms with Crippen molar-refractivity contribution < 1.29 is 17.9 Å². The number of carbonyl (C=O) groups is 1. The molecular formula is C18H19N3O4S. The van der Waals surface area contributed by atoms with Crippen molar-refractivity contribution in [1.29, 1.82) is 5.26 Å². The summed E-state index contributed by atoms with van der Waals surface area (Å²) in [6.45, 7) is 3.17. The molecule has 26 heavy (non-hydrogen) atoms. The summed E-state index contributed by atoms with van der Waals surface area (Å²) in [5.41, 5.74) is 2.30. The molecule has 0 heterocycles. The van der Waals surface area contributed by atoms with Crippen molar-refractivity contribution in [2.45, 2.75) is 18.7 Å². The molecule has 7 nitrogen and oxygen atoms in total. The monoisotopic (exact) mass is 373 g/mol. The Morgan fingerprint density at radius 1 is 1.19 bits per heavy atom. The zero-order chi connectivity index (χ0) is 19.3. The summed E-state index contributed by atoms with van der Waals surface area (Å²) in [7, 11) is -2.56. The van der Waals surface area contributed by atoms with Gasteiger partial charge < -0.3 is 10.1 Å². The third-order valence-corrected chi connectivity index (χ3v) is 5.24. The summed E-state index contributed by atoms with van der Waals surface area (Å²) in [5.74, 6) is -0.380. The molecular weight excluding hydrogens is 354 g/mol. The van der Waals surface area contributed by atoms with Gasteiger partial charge in [0.1, 0.15) is 16.7 Å². The first-order valence-corrected chi connectivity index (χ1v) is 9.20. The number of carbonyl (C=O) groups excluding carboxylic acids is 1. The fraction of sp³-hybridized carbons (Fsp3) is 0.222. The van der Waals surface area contributed by atoms with E-state index >= 15 is 0 Å². The standard InChI is InChI=1S/C18H19N3O4S/c1-12-8-16(25-3)17(9-13(12)2)26(23,24)20-11-18(22)21-15-7-5-4-6-14(15)10-19/h4-9,20H,11H2,1-3H3,(H,21,22). The normalized spacial score (nSPS) is 10.8. The first-order chi connectivity index (χ1) is 12.3. The predicted molar refractivity (Wildman–Crippen MR) is 97.4 cm³/mol. The van der Waals surface area contributed by atoms with E-state index in [1.54, 1.807) is 37.3 Å². The van der Waals surface area contributed by atoms with Crippen LogP contribution in [0.2, 0.25) is 0 Å². The number of benzene rings is 2. The summed E-state index contributed by atoms with van der Waals surface area (Å²) in [6, 6.07) is 11.5. The van der Waals surface area contributed by atoms with Crippen LogP contribution < -0.4 is 14.8 Å². The maximum atomic E-state index is 12.5. The van der Waals surface area contributed by atoms with Crippen LogP contribution in [0.4, 0.5) is 5.69 Å². The van der Waals surface area contributed by atoms with Gasteiger partial charge in [0.25, 0.3) is 0 Å². The summed E-state index contributed by atoms with van der Waals surface area (Å²) >= 11 is 0. The quantitative estimate of drug-likeness (QED) is 0.806. The lowest BCUT2D eigenvalue weighted by molar-refractivity contribution is -0.115. The lowest BCUT2D eigenvalue weighted by Crippen LogP contribution is -2.33. The van der Waals surface area contributed by atoms with Crippen LogP contribution in [-0.2, 0) is 14.8 Å². The molecule has 0 spiro atoms. The third-order valence-electron chi connectivity index (χ3n) is 3.81. The molecule has 0 aromatic heterocycles. The van der Waals surface area contributed by atoms with Crippen LogP contribution in [0.15, 0.2) is 41.3 Å². The Balaban J connectivity index is 2.15. The van der Waals surface area contributed by atoms with E-state index in [1.807, 2.05) is 13.0 Å². The highest BCUT2D eigenvalue weighted by Crippen LogP contribution is 2.27. The van der Waals surface area contributed by atoms with Crippen LogP contribution in [-0.4, -0.2) is 28.0 Å². The topological polar surface area (TPSA) is 108 Å². The molecule has 0 aliphatic rings. The summed E-state index contributed by atoms with van der Waals surface area (Å²) in [6.07, 6.45) is 0. The van der Waals surface area contributed by atoms with Crippen LogP contribution in [0.5, 0.6) is 5.75 Å². The van der Waals surface area contributed by atoms with Crippen LogP contribution in [0.3, 0.4) is 0 Å². The Hall–Kier alpha value is -2.89. The molecule has 0 aliphatic carbocycles. The van der Waals surface area contributed by atoms with E-state index in [1.165, 1.54) is 13.2 Å². The van der Waals surface area contributed by atoms with E-state index in [9.17, 15) is 13.2 Å². The van der Waals surface area contributed by atoms with E-state index in [0.717, 1.165) is 11.1 Å². The number of amides is 1. The van der Waals surface area contributed by atoms with Gasteiger partial charge in [-0.3, -0.25) is 4.79 Å². The molecule has 0 saturated heterocycles. The number of rotatable bonds is 6. The second-order valence-corrected chi connectivity index (χ2v) is 7.35. The zero-order valence-corrected chi connectivity index (χ0v) is 15.5.